The van der Waals surface area contributed by atoms with Crippen molar-refractivity contribution in [1.29, 1.82) is 0 Å². The summed E-state index contributed by atoms with van der Waals surface area (Å²) in [7, 11) is -3.53. The molecule has 0 aliphatic heterocycles. The molecule has 1 aromatic rings. The molecule has 0 radical (unpaired) electrons. The Balaban J connectivity index is 2.34. The van der Waals surface area contributed by atoms with E-state index in [1.54, 1.807) is 32.9 Å². The summed E-state index contributed by atoms with van der Waals surface area (Å²) >= 11 is 3.26. The fraction of sp³-hybridized carbons (Fsp3) is 0.588. The molecule has 0 bridgehead atoms. The van der Waals surface area contributed by atoms with Gasteiger partial charge in [-0.1, -0.05) is 22.4 Å². The molecule has 148 valence electrons. The maximum Gasteiger partial charge on any atom is 0.407 e. The zero-order valence-corrected chi connectivity index (χ0v) is 17.7. The van der Waals surface area contributed by atoms with Gasteiger partial charge in [-0.05, 0) is 57.9 Å². The van der Waals surface area contributed by atoms with Crippen molar-refractivity contribution in [3.05, 3.63) is 28.7 Å². The van der Waals surface area contributed by atoms with Crippen LogP contribution in [0.4, 0.5) is 4.79 Å². The fourth-order valence-corrected chi connectivity index (χ4v) is 3.44. The predicted molar refractivity (Wildman–Crippen MR) is 103 cm³/mol. The Labute approximate surface area is 163 Å². The quantitative estimate of drug-likeness (QED) is 0.501. The van der Waals surface area contributed by atoms with E-state index in [2.05, 4.69) is 26.0 Å². The van der Waals surface area contributed by atoms with E-state index in [0.29, 0.717) is 19.3 Å². The Morgan fingerprint density at radius 3 is 2.38 bits per heavy atom. The standard InChI is InChI=1S/C17H27BrN2O5S/c1-17(2,3)25-16(22)20-14(12-21)6-4-5-11-19-26(23,24)15-9-7-13(18)8-10-15/h7-10,14,19,21H,4-6,11-12H2,1-3H3,(H,20,22)/t14-/m0/s1. The van der Waals surface area contributed by atoms with Crippen LogP contribution in [0.2, 0.25) is 0 Å². The first-order valence-electron chi connectivity index (χ1n) is 8.39. The molecule has 0 aromatic heterocycles. The lowest BCUT2D eigenvalue weighted by Crippen LogP contribution is -2.41. The first-order chi connectivity index (χ1) is 12.0. The molecule has 0 heterocycles. The Morgan fingerprint density at radius 2 is 1.85 bits per heavy atom. The number of hydrogen-bond donors (Lipinski definition) is 3. The molecule has 7 nitrogen and oxygen atoms in total. The molecule has 0 spiro atoms. The van der Waals surface area contributed by atoms with Gasteiger partial charge in [0.2, 0.25) is 10.0 Å². The molecule has 0 fully saturated rings. The summed E-state index contributed by atoms with van der Waals surface area (Å²) in [6, 6.07) is 5.97. The maximum atomic E-state index is 12.1. The number of rotatable bonds is 9. The van der Waals surface area contributed by atoms with Gasteiger partial charge in [-0.25, -0.2) is 17.9 Å². The second kappa shape index (κ2) is 10.2. The number of sulfonamides is 1. The van der Waals surface area contributed by atoms with Gasteiger partial charge in [0.05, 0.1) is 17.5 Å². The molecule has 1 aromatic carbocycles. The van der Waals surface area contributed by atoms with Crippen LogP contribution in [-0.4, -0.2) is 44.4 Å². The van der Waals surface area contributed by atoms with Gasteiger partial charge in [0.1, 0.15) is 5.60 Å². The van der Waals surface area contributed by atoms with Crippen LogP contribution in [0.3, 0.4) is 0 Å². The van der Waals surface area contributed by atoms with Crippen LogP contribution in [0.5, 0.6) is 0 Å². The monoisotopic (exact) mass is 450 g/mol. The lowest BCUT2D eigenvalue weighted by atomic mass is 10.1. The van der Waals surface area contributed by atoms with Gasteiger partial charge in [-0.3, -0.25) is 0 Å². The molecule has 0 unspecified atom stereocenters. The van der Waals surface area contributed by atoms with Crippen molar-refractivity contribution in [3.63, 3.8) is 0 Å². The van der Waals surface area contributed by atoms with Gasteiger partial charge in [-0.15, -0.1) is 0 Å². The van der Waals surface area contributed by atoms with E-state index in [1.165, 1.54) is 12.1 Å². The van der Waals surface area contributed by atoms with Crippen molar-refractivity contribution >= 4 is 32.0 Å². The summed E-state index contributed by atoms with van der Waals surface area (Å²) in [5, 5.41) is 12.0. The molecule has 9 heteroatoms. The Bertz CT molecular complexity index is 671. The highest BCUT2D eigenvalue weighted by molar-refractivity contribution is 9.10. The lowest BCUT2D eigenvalue weighted by molar-refractivity contribution is 0.0478. The van der Waals surface area contributed by atoms with Crippen molar-refractivity contribution in [2.24, 2.45) is 0 Å². The van der Waals surface area contributed by atoms with Crippen molar-refractivity contribution in [2.75, 3.05) is 13.2 Å². The molecule has 0 saturated carbocycles. The third kappa shape index (κ3) is 8.98. The van der Waals surface area contributed by atoms with Crippen molar-refractivity contribution < 1.29 is 23.1 Å². The molecule has 3 N–H and O–H groups in total. The van der Waals surface area contributed by atoms with E-state index in [0.717, 1.165) is 4.47 Å². The number of benzene rings is 1. The highest BCUT2D eigenvalue weighted by Crippen LogP contribution is 2.14. The topological polar surface area (TPSA) is 105 Å². The summed E-state index contributed by atoms with van der Waals surface area (Å²) in [4.78, 5) is 11.9. The minimum absolute atomic E-state index is 0.205. The van der Waals surface area contributed by atoms with Gasteiger partial charge in [-0.2, -0.15) is 0 Å². The van der Waals surface area contributed by atoms with Crippen LogP contribution in [-0.2, 0) is 14.8 Å². The normalized spacial score (nSPS) is 13.3. The van der Waals surface area contributed by atoms with Crippen LogP contribution in [0.15, 0.2) is 33.6 Å². The van der Waals surface area contributed by atoms with Crippen LogP contribution in [0.25, 0.3) is 0 Å². The predicted octanol–water partition coefficient (Wildman–Crippen LogP) is 2.78. The van der Waals surface area contributed by atoms with Crippen LogP contribution in [0.1, 0.15) is 40.0 Å². The number of hydrogen-bond acceptors (Lipinski definition) is 5. The van der Waals surface area contributed by atoms with Gasteiger partial charge in [0.25, 0.3) is 0 Å². The number of amides is 1. The SMILES string of the molecule is CC(C)(C)OC(=O)N[C@H](CO)CCCCNS(=O)(=O)c1ccc(Br)cc1. The number of unbranched alkanes of at least 4 members (excludes halogenated alkanes) is 1. The average Bonchev–Trinajstić information content (AvgIpc) is 2.52. The number of aliphatic hydroxyl groups is 1. The van der Waals surface area contributed by atoms with E-state index in [-0.39, 0.29) is 18.0 Å². The van der Waals surface area contributed by atoms with E-state index in [1.807, 2.05) is 0 Å². The highest BCUT2D eigenvalue weighted by atomic mass is 79.9. The molecule has 1 amide bonds. The first-order valence-corrected chi connectivity index (χ1v) is 10.7. The molecule has 0 aliphatic carbocycles. The average molecular weight is 451 g/mol. The minimum Gasteiger partial charge on any atom is -0.444 e. The maximum absolute atomic E-state index is 12.1. The number of ether oxygens (including phenoxy) is 1. The van der Waals surface area contributed by atoms with Crippen molar-refractivity contribution in [3.8, 4) is 0 Å². The number of carbonyl (C=O) groups is 1. The van der Waals surface area contributed by atoms with Gasteiger partial charge in [0.15, 0.2) is 0 Å². The minimum atomic E-state index is -3.53. The number of aliphatic hydroxyl groups excluding tert-OH is 1. The van der Waals surface area contributed by atoms with Gasteiger partial charge >= 0.3 is 6.09 Å². The van der Waals surface area contributed by atoms with E-state index >= 15 is 0 Å². The Morgan fingerprint density at radius 1 is 1.23 bits per heavy atom. The second-order valence-corrected chi connectivity index (χ2v) is 9.56. The third-order valence-electron chi connectivity index (χ3n) is 3.34. The van der Waals surface area contributed by atoms with Crippen molar-refractivity contribution in [1.82, 2.24) is 10.0 Å². The van der Waals surface area contributed by atoms with E-state index in [4.69, 9.17) is 4.74 Å². The molecular weight excluding hydrogens is 424 g/mol. The lowest BCUT2D eigenvalue weighted by Gasteiger charge is -2.22. The zero-order valence-electron chi connectivity index (χ0n) is 15.3. The third-order valence-corrected chi connectivity index (χ3v) is 5.34. The second-order valence-electron chi connectivity index (χ2n) is 6.87. The van der Waals surface area contributed by atoms with Gasteiger partial charge in [0, 0.05) is 11.0 Å². The van der Waals surface area contributed by atoms with E-state index in [9.17, 15) is 18.3 Å². The molecular formula is C17H27BrN2O5S. The molecule has 26 heavy (non-hydrogen) atoms. The first kappa shape index (κ1) is 22.9. The largest absolute Gasteiger partial charge is 0.444 e. The Kier molecular flexibility index (Phi) is 9.02. The molecule has 1 atom stereocenters. The number of alkyl carbamates (subject to hydrolysis) is 1. The number of carbonyl (C=O) groups excluding carboxylic acids is 1. The summed E-state index contributed by atoms with van der Waals surface area (Å²) < 4.78 is 32.8. The zero-order chi connectivity index (χ0) is 19.8. The van der Waals surface area contributed by atoms with Crippen molar-refractivity contribution in [2.45, 2.75) is 56.6 Å². The molecule has 0 saturated heterocycles. The smallest absolute Gasteiger partial charge is 0.407 e. The van der Waals surface area contributed by atoms with Crippen LogP contribution < -0.4 is 10.0 Å². The number of nitrogens with one attached hydrogen (secondary N) is 2. The highest BCUT2D eigenvalue weighted by Gasteiger charge is 2.19. The summed E-state index contributed by atoms with van der Waals surface area (Å²) in [5.74, 6) is 0. The van der Waals surface area contributed by atoms with Crippen LogP contribution in [0, 0.1) is 0 Å². The fourth-order valence-electron chi connectivity index (χ4n) is 2.10. The molecule has 1 rings (SSSR count). The van der Waals surface area contributed by atoms with Gasteiger partial charge < -0.3 is 15.2 Å². The summed E-state index contributed by atoms with van der Waals surface area (Å²) in [6.07, 6.45) is 1.18. The van der Waals surface area contributed by atoms with E-state index < -0.39 is 27.8 Å². The van der Waals surface area contributed by atoms with Crippen LogP contribution >= 0.6 is 15.9 Å². The molecule has 0 aliphatic rings. The number of halogens is 1. The summed E-state index contributed by atoms with van der Waals surface area (Å²) in [6.45, 7) is 5.36. The summed E-state index contributed by atoms with van der Waals surface area (Å²) in [5.41, 5.74) is -0.602. The Hall–Kier alpha value is -1.16.